The van der Waals surface area contributed by atoms with Crippen LogP contribution in [0.3, 0.4) is 0 Å². The largest absolute Gasteiger partial charge is 0.495 e. The number of benzene rings is 1. The van der Waals surface area contributed by atoms with Gasteiger partial charge in [0, 0.05) is 32.7 Å². The highest BCUT2D eigenvalue weighted by molar-refractivity contribution is 6.07. The number of ether oxygens (including phenoxy) is 2. The van der Waals surface area contributed by atoms with Crippen LogP contribution in [0.25, 0.3) is 0 Å². The number of fused-ring (bicyclic) bond motifs is 1. The van der Waals surface area contributed by atoms with Gasteiger partial charge in [-0.05, 0) is 25.0 Å². The monoisotopic (exact) mass is 429 g/mol. The molecule has 1 saturated carbocycles. The zero-order valence-electron chi connectivity index (χ0n) is 18.1. The molecule has 8 heteroatoms. The number of nitrogens with zero attached hydrogens (tertiary/aromatic N) is 3. The number of methoxy groups -OCH3 is 1. The molecule has 2 aliphatic heterocycles. The van der Waals surface area contributed by atoms with Crippen molar-refractivity contribution in [1.82, 2.24) is 9.80 Å². The summed E-state index contributed by atoms with van der Waals surface area (Å²) in [6.45, 7) is 4.10. The molecule has 1 aliphatic carbocycles. The molecular weight excluding hydrogens is 398 g/mol. The van der Waals surface area contributed by atoms with Gasteiger partial charge in [-0.1, -0.05) is 25.0 Å². The molecule has 2 heterocycles. The standard InChI is InChI=1S/C23H31N3O5/c1-30-20-9-5-4-8-19(20)25-12-10-24(11-13-25)14-15-31-21(27)16-26-22(28)17-6-2-3-7-18(17)23(26)29/h4-5,8-9,17-18H,2-3,6-7,10-16H2,1H3. The first-order valence-corrected chi connectivity index (χ1v) is 11.2. The van der Waals surface area contributed by atoms with E-state index >= 15 is 0 Å². The third-order valence-electron chi connectivity index (χ3n) is 6.69. The lowest BCUT2D eigenvalue weighted by Crippen LogP contribution is -2.47. The molecule has 4 rings (SSSR count). The predicted molar refractivity (Wildman–Crippen MR) is 115 cm³/mol. The van der Waals surface area contributed by atoms with E-state index in [2.05, 4.69) is 15.9 Å². The second-order valence-electron chi connectivity index (χ2n) is 8.48. The van der Waals surface area contributed by atoms with E-state index in [4.69, 9.17) is 9.47 Å². The van der Waals surface area contributed by atoms with E-state index in [0.717, 1.165) is 68.2 Å². The molecule has 0 radical (unpaired) electrons. The first-order valence-electron chi connectivity index (χ1n) is 11.2. The minimum Gasteiger partial charge on any atom is -0.495 e. The van der Waals surface area contributed by atoms with Gasteiger partial charge in [0.2, 0.25) is 11.8 Å². The number of carbonyl (C=O) groups excluding carboxylic acids is 3. The minimum absolute atomic E-state index is 0.195. The summed E-state index contributed by atoms with van der Waals surface area (Å²) in [6.07, 6.45) is 3.45. The highest BCUT2D eigenvalue weighted by Crippen LogP contribution is 2.37. The normalized spacial score (nSPS) is 24.3. The Hall–Kier alpha value is -2.61. The zero-order chi connectivity index (χ0) is 21.8. The van der Waals surface area contributed by atoms with Crippen LogP contribution >= 0.6 is 0 Å². The fraction of sp³-hybridized carbons (Fsp3) is 0.609. The molecule has 0 aromatic heterocycles. The number of hydrogen-bond acceptors (Lipinski definition) is 7. The molecular formula is C23H31N3O5. The summed E-state index contributed by atoms with van der Waals surface area (Å²) in [5, 5.41) is 0. The van der Waals surface area contributed by atoms with Crippen LogP contribution in [0.4, 0.5) is 5.69 Å². The third-order valence-corrected chi connectivity index (χ3v) is 6.69. The van der Waals surface area contributed by atoms with E-state index < -0.39 is 5.97 Å². The summed E-state index contributed by atoms with van der Waals surface area (Å²) in [5.74, 6) is -0.482. The molecule has 2 unspecified atom stereocenters. The number of para-hydroxylation sites is 2. The van der Waals surface area contributed by atoms with Gasteiger partial charge in [0.25, 0.3) is 0 Å². The highest BCUT2D eigenvalue weighted by atomic mass is 16.5. The van der Waals surface area contributed by atoms with E-state index in [9.17, 15) is 14.4 Å². The van der Waals surface area contributed by atoms with Gasteiger partial charge in [-0.25, -0.2) is 0 Å². The molecule has 31 heavy (non-hydrogen) atoms. The van der Waals surface area contributed by atoms with Crippen molar-refractivity contribution in [2.24, 2.45) is 11.8 Å². The van der Waals surface area contributed by atoms with Gasteiger partial charge in [0.05, 0.1) is 24.6 Å². The van der Waals surface area contributed by atoms with Crippen molar-refractivity contribution < 1.29 is 23.9 Å². The number of amides is 2. The lowest BCUT2D eigenvalue weighted by molar-refractivity contribution is -0.153. The summed E-state index contributed by atoms with van der Waals surface area (Å²) in [5.41, 5.74) is 1.09. The van der Waals surface area contributed by atoms with Crippen molar-refractivity contribution >= 4 is 23.5 Å². The fourth-order valence-electron chi connectivity index (χ4n) is 4.95. The van der Waals surface area contributed by atoms with Crippen LogP contribution in [-0.4, -0.2) is 80.6 Å². The van der Waals surface area contributed by atoms with Gasteiger partial charge in [0.1, 0.15) is 18.9 Å². The molecule has 1 aromatic carbocycles. The molecule has 3 fully saturated rings. The number of carbonyl (C=O) groups is 3. The number of likely N-dealkylation sites (tertiary alicyclic amines) is 1. The van der Waals surface area contributed by atoms with Crippen molar-refractivity contribution in [2.75, 3.05) is 57.9 Å². The van der Waals surface area contributed by atoms with Crippen LogP contribution < -0.4 is 9.64 Å². The highest BCUT2D eigenvalue weighted by Gasteiger charge is 2.48. The number of hydrogen-bond donors (Lipinski definition) is 0. The van der Waals surface area contributed by atoms with Gasteiger partial charge in [-0.15, -0.1) is 0 Å². The number of imide groups is 1. The van der Waals surface area contributed by atoms with Gasteiger partial charge >= 0.3 is 5.97 Å². The third kappa shape index (κ3) is 4.69. The minimum atomic E-state index is -0.506. The SMILES string of the molecule is COc1ccccc1N1CCN(CCOC(=O)CN2C(=O)C3CCCCC3C2=O)CC1. The maximum atomic E-state index is 12.5. The molecule has 2 atom stereocenters. The Morgan fingerprint density at radius 2 is 1.65 bits per heavy atom. The zero-order valence-corrected chi connectivity index (χ0v) is 18.1. The molecule has 0 bridgehead atoms. The maximum Gasteiger partial charge on any atom is 0.326 e. The number of anilines is 1. The quantitative estimate of drug-likeness (QED) is 0.480. The van der Waals surface area contributed by atoms with E-state index in [-0.39, 0.29) is 36.8 Å². The van der Waals surface area contributed by atoms with E-state index in [1.54, 1.807) is 7.11 Å². The Bertz CT molecular complexity index is 797. The molecule has 3 aliphatic rings. The van der Waals surface area contributed by atoms with Crippen LogP contribution in [0.1, 0.15) is 25.7 Å². The molecule has 0 N–H and O–H groups in total. The number of rotatable bonds is 7. The average Bonchev–Trinajstić information content (AvgIpc) is 3.04. The van der Waals surface area contributed by atoms with Crippen LogP contribution in [0.2, 0.25) is 0 Å². The van der Waals surface area contributed by atoms with Crippen LogP contribution in [0.15, 0.2) is 24.3 Å². The summed E-state index contributed by atoms with van der Waals surface area (Å²) in [6, 6.07) is 8.00. The topological polar surface area (TPSA) is 79.4 Å². The summed E-state index contributed by atoms with van der Waals surface area (Å²) in [7, 11) is 1.68. The van der Waals surface area contributed by atoms with Crippen molar-refractivity contribution in [1.29, 1.82) is 0 Å². The maximum absolute atomic E-state index is 12.5. The Kier molecular flexibility index (Phi) is 6.75. The van der Waals surface area contributed by atoms with Gasteiger partial charge in [-0.2, -0.15) is 0 Å². The number of piperazine rings is 1. The number of esters is 1. The van der Waals surface area contributed by atoms with E-state index in [1.807, 2.05) is 18.2 Å². The van der Waals surface area contributed by atoms with Crippen LogP contribution in [0, 0.1) is 11.8 Å². The van der Waals surface area contributed by atoms with Crippen molar-refractivity contribution in [3.05, 3.63) is 24.3 Å². The Morgan fingerprint density at radius 1 is 1.00 bits per heavy atom. The average molecular weight is 430 g/mol. The Balaban J connectivity index is 1.19. The summed E-state index contributed by atoms with van der Waals surface area (Å²) < 4.78 is 10.8. The fourth-order valence-corrected chi connectivity index (χ4v) is 4.95. The molecule has 0 spiro atoms. The Labute approximate surface area is 183 Å². The lowest BCUT2D eigenvalue weighted by Gasteiger charge is -2.36. The molecule has 168 valence electrons. The molecule has 1 aromatic rings. The van der Waals surface area contributed by atoms with Crippen molar-refractivity contribution in [3.8, 4) is 5.75 Å². The summed E-state index contributed by atoms with van der Waals surface area (Å²) in [4.78, 5) is 42.9. The van der Waals surface area contributed by atoms with E-state index in [1.165, 1.54) is 0 Å². The Morgan fingerprint density at radius 3 is 2.29 bits per heavy atom. The van der Waals surface area contributed by atoms with Gasteiger partial charge in [0.15, 0.2) is 0 Å². The van der Waals surface area contributed by atoms with Crippen molar-refractivity contribution in [3.63, 3.8) is 0 Å². The second kappa shape index (κ2) is 9.68. The van der Waals surface area contributed by atoms with Crippen LogP contribution in [0.5, 0.6) is 5.75 Å². The van der Waals surface area contributed by atoms with Crippen molar-refractivity contribution in [2.45, 2.75) is 25.7 Å². The lowest BCUT2D eigenvalue weighted by atomic mass is 9.81. The molecule has 2 saturated heterocycles. The first-order chi connectivity index (χ1) is 15.1. The van der Waals surface area contributed by atoms with Gasteiger partial charge in [-0.3, -0.25) is 24.2 Å². The van der Waals surface area contributed by atoms with E-state index in [0.29, 0.717) is 6.54 Å². The van der Waals surface area contributed by atoms with Gasteiger partial charge < -0.3 is 14.4 Å². The first kappa shape index (κ1) is 21.6. The smallest absolute Gasteiger partial charge is 0.326 e. The second-order valence-corrected chi connectivity index (χ2v) is 8.48. The summed E-state index contributed by atoms with van der Waals surface area (Å²) >= 11 is 0. The van der Waals surface area contributed by atoms with Crippen LogP contribution in [-0.2, 0) is 19.1 Å². The molecule has 8 nitrogen and oxygen atoms in total. The molecule has 2 amide bonds. The predicted octanol–water partition coefficient (Wildman–Crippen LogP) is 1.54.